The third-order valence-corrected chi connectivity index (χ3v) is 3.77. The molecule has 2 nitrogen and oxygen atoms in total. The van der Waals surface area contributed by atoms with Crippen LogP contribution in [0.25, 0.3) is 0 Å². The fourth-order valence-corrected chi connectivity index (χ4v) is 2.84. The molecule has 1 saturated heterocycles. The minimum absolute atomic E-state index is 0.624. The standard InChI is InChI=1S/C12H23NO/c1-10(11-5-2-3-6-11)13-12-7-4-8-14-9-12/h10-13H,2-9H2,1H3/t10?,12-/m0/s1. The summed E-state index contributed by atoms with van der Waals surface area (Å²) in [7, 11) is 0. The van der Waals surface area contributed by atoms with Crippen molar-refractivity contribution in [3.8, 4) is 0 Å². The molecule has 2 atom stereocenters. The van der Waals surface area contributed by atoms with Crippen LogP contribution in [0.5, 0.6) is 0 Å². The van der Waals surface area contributed by atoms with Crippen molar-refractivity contribution in [3.05, 3.63) is 0 Å². The zero-order valence-corrected chi connectivity index (χ0v) is 9.30. The predicted octanol–water partition coefficient (Wildman–Crippen LogP) is 2.33. The highest BCUT2D eigenvalue weighted by Gasteiger charge is 2.24. The third kappa shape index (κ3) is 2.71. The van der Waals surface area contributed by atoms with E-state index in [0.29, 0.717) is 12.1 Å². The summed E-state index contributed by atoms with van der Waals surface area (Å²) in [6, 6.07) is 1.32. The molecule has 82 valence electrons. The van der Waals surface area contributed by atoms with Crippen molar-refractivity contribution in [1.82, 2.24) is 5.32 Å². The van der Waals surface area contributed by atoms with Gasteiger partial charge in [0, 0.05) is 18.7 Å². The molecule has 1 heterocycles. The van der Waals surface area contributed by atoms with Gasteiger partial charge in [-0.05, 0) is 38.5 Å². The maximum Gasteiger partial charge on any atom is 0.0619 e. The van der Waals surface area contributed by atoms with E-state index in [2.05, 4.69) is 12.2 Å². The molecule has 1 unspecified atom stereocenters. The van der Waals surface area contributed by atoms with Gasteiger partial charge in [-0.1, -0.05) is 12.8 Å². The largest absolute Gasteiger partial charge is 0.380 e. The first kappa shape index (κ1) is 10.4. The molecule has 2 heteroatoms. The third-order valence-electron chi connectivity index (χ3n) is 3.77. The molecule has 0 bridgehead atoms. The Bertz CT molecular complexity index is 160. The lowest BCUT2D eigenvalue weighted by molar-refractivity contribution is 0.0642. The summed E-state index contributed by atoms with van der Waals surface area (Å²) in [6.07, 6.45) is 8.28. The van der Waals surface area contributed by atoms with Gasteiger partial charge in [0.2, 0.25) is 0 Å². The fraction of sp³-hybridized carbons (Fsp3) is 1.00. The van der Waals surface area contributed by atoms with Crippen molar-refractivity contribution >= 4 is 0 Å². The number of rotatable bonds is 3. The Morgan fingerprint density at radius 1 is 1.14 bits per heavy atom. The van der Waals surface area contributed by atoms with E-state index in [-0.39, 0.29) is 0 Å². The normalized spacial score (nSPS) is 31.9. The maximum absolute atomic E-state index is 5.48. The van der Waals surface area contributed by atoms with Crippen LogP contribution >= 0.6 is 0 Å². The molecule has 0 aromatic heterocycles. The van der Waals surface area contributed by atoms with Crippen LogP contribution in [-0.2, 0) is 4.74 Å². The Labute approximate surface area is 87.4 Å². The van der Waals surface area contributed by atoms with Crippen LogP contribution in [0.1, 0.15) is 45.4 Å². The molecule has 0 radical (unpaired) electrons. The Kier molecular flexibility index (Phi) is 3.82. The molecular weight excluding hydrogens is 174 g/mol. The van der Waals surface area contributed by atoms with E-state index in [0.717, 1.165) is 19.1 Å². The van der Waals surface area contributed by atoms with Crippen LogP contribution in [0.4, 0.5) is 0 Å². The van der Waals surface area contributed by atoms with E-state index in [1.165, 1.54) is 38.5 Å². The SMILES string of the molecule is CC(N[C@H]1CCCOC1)C1CCCC1. The first-order valence-electron chi connectivity index (χ1n) is 6.20. The van der Waals surface area contributed by atoms with Gasteiger partial charge in [-0.2, -0.15) is 0 Å². The van der Waals surface area contributed by atoms with Gasteiger partial charge in [-0.3, -0.25) is 0 Å². The molecule has 1 aliphatic carbocycles. The van der Waals surface area contributed by atoms with Gasteiger partial charge in [-0.15, -0.1) is 0 Å². The van der Waals surface area contributed by atoms with Crippen LogP contribution in [0.2, 0.25) is 0 Å². The summed E-state index contributed by atoms with van der Waals surface area (Å²) < 4.78 is 5.48. The van der Waals surface area contributed by atoms with Gasteiger partial charge < -0.3 is 10.1 Å². The van der Waals surface area contributed by atoms with Crippen molar-refractivity contribution < 1.29 is 4.74 Å². The lowest BCUT2D eigenvalue weighted by atomic mass is 9.98. The second kappa shape index (κ2) is 5.13. The highest BCUT2D eigenvalue weighted by molar-refractivity contribution is 4.81. The summed E-state index contributed by atoms with van der Waals surface area (Å²) in [5.74, 6) is 0.928. The Hall–Kier alpha value is -0.0800. The summed E-state index contributed by atoms with van der Waals surface area (Å²) in [6.45, 7) is 4.25. The quantitative estimate of drug-likeness (QED) is 0.750. The molecule has 14 heavy (non-hydrogen) atoms. The molecule has 1 aliphatic heterocycles. The van der Waals surface area contributed by atoms with Crippen LogP contribution in [0.3, 0.4) is 0 Å². The lowest BCUT2D eigenvalue weighted by Crippen LogP contribution is -2.44. The molecule has 0 amide bonds. The Morgan fingerprint density at radius 3 is 2.57 bits per heavy atom. The van der Waals surface area contributed by atoms with E-state index in [4.69, 9.17) is 4.74 Å². The summed E-state index contributed by atoms with van der Waals surface area (Å²) in [5.41, 5.74) is 0. The smallest absolute Gasteiger partial charge is 0.0619 e. The maximum atomic E-state index is 5.48. The Morgan fingerprint density at radius 2 is 1.93 bits per heavy atom. The Balaban J connectivity index is 1.72. The second-order valence-corrected chi connectivity index (χ2v) is 4.91. The number of hydrogen-bond acceptors (Lipinski definition) is 2. The predicted molar refractivity (Wildman–Crippen MR) is 58.4 cm³/mol. The topological polar surface area (TPSA) is 21.3 Å². The fourth-order valence-electron chi connectivity index (χ4n) is 2.84. The van der Waals surface area contributed by atoms with E-state index < -0.39 is 0 Å². The van der Waals surface area contributed by atoms with Crippen molar-refractivity contribution in [2.75, 3.05) is 13.2 Å². The van der Waals surface area contributed by atoms with Gasteiger partial charge >= 0.3 is 0 Å². The zero-order valence-electron chi connectivity index (χ0n) is 9.30. The molecule has 0 aromatic rings. The minimum Gasteiger partial charge on any atom is -0.380 e. The van der Waals surface area contributed by atoms with Gasteiger partial charge in [0.25, 0.3) is 0 Å². The highest BCUT2D eigenvalue weighted by atomic mass is 16.5. The van der Waals surface area contributed by atoms with Gasteiger partial charge in [0.1, 0.15) is 0 Å². The van der Waals surface area contributed by atoms with Crippen molar-refractivity contribution in [2.45, 2.75) is 57.5 Å². The summed E-state index contributed by atoms with van der Waals surface area (Å²) in [4.78, 5) is 0. The van der Waals surface area contributed by atoms with Crippen LogP contribution in [0.15, 0.2) is 0 Å². The second-order valence-electron chi connectivity index (χ2n) is 4.91. The molecule has 2 rings (SSSR count). The lowest BCUT2D eigenvalue weighted by Gasteiger charge is -2.29. The summed E-state index contributed by atoms with van der Waals surface area (Å²) in [5, 5.41) is 3.74. The van der Waals surface area contributed by atoms with E-state index >= 15 is 0 Å². The minimum atomic E-state index is 0.624. The van der Waals surface area contributed by atoms with Gasteiger partial charge in [-0.25, -0.2) is 0 Å². The van der Waals surface area contributed by atoms with Crippen LogP contribution in [-0.4, -0.2) is 25.3 Å². The van der Waals surface area contributed by atoms with E-state index in [9.17, 15) is 0 Å². The van der Waals surface area contributed by atoms with E-state index in [1.54, 1.807) is 0 Å². The van der Waals surface area contributed by atoms with Crippen molar-refractivity contribution in [1.29, 1.82) is 0 Å². The summed E-state index contributed by atoms with van der Waals surface area (Å²) >= 11 is 0. The van der Waals surface area contributed by atoms with Crippen LogP contribution in [0, 0.1) is 5.92 Å². The molecule has 0 spiro atoms. The number of nitrogens with one attached hydrogen (secondary N) is 1. The molecular formula is C12H23NO. The first-order chi connectivity index (χ1) is 6.86. The van der Waals surface area contributed by atoms with Gasteiger partial charge in [0.05, 0.1) is 6.61 Å². The number of ether oxygens (including phenoxy) is 1. The average Bonchev–Trinajstić information content (AvgIpc) is 2.72. The molecule has 2 aliphatic rings. The molecule has 0 aromatic carbocycles. The van der Waals surface area contributed by atoms with Crippen LogP contribution < -0.4 is 5.32 Å². The monoisotopic (exact) mass is 197 g/mol. The zero-order chi connectivity index (χ0) is 9.80. The van der Waals surface area contributed by atoms with Gasteiger partial charge in [0.15, 0.2) is 0 Å². The molecule has 1 saturated carbocycles. The van der Waals surface area contributed by atoms with E-state index in [1.807, 2.05) is 0 Å². The number of hydrogen-bond donors (Lipinski definition) is 1. The highest BCUT2D eigenvalue weighted by Crippen LogP contribution is 2.28. The van der Waals surface area contributed by atoms with Crippen molar-refractivity contribution in [3.63, 3.8) is 0 Å². The average molecular weight is 197 g/mol. The molecule has 2 fully saturated rings. The van der Waals surface area contributed by atoms with Crippen molar-refractivity contribution in [2.24, 2.45) is 5.92 Å². The first-order valence-corrected chi connectivity index (χ1v) is 6.20. The molecule has 1 N–H and O–H groups in total.